The number of hydrazone groups is 1. The van der Waals surface area contributed by atoms with Crippen molar-refractivity contribution < 1.29 is 40.6 Å². The Morgan fingerprint density at radius 1 is 0.973 bits per heavy atom. The Hall–Kier alpha value is -3.55. The first-order valence-electron chi connectivity index (χ1n) is 10.4. The van der Waals surface area contributed by atoms with Crippen molar-refractivity contribution in [1.29, 1.82) is 0 Å². The summed E-state index contributed by atoms with van der Waals surface area (Å²) in [7, 11) is 1.38. The molecule has 12 heteroatoms. The lowest BCUT2D eigenvalue weighted by Crippen LogP contribution is -2.25. The predicted octanol–water partition coefficient (Wildman–Crippen LogP) is 6.52. The second-order valence-electron chi connectivity index (χ2n) is 7.73. The van der Waals surface area contributed by atoms with Crippen molar-refractivity contribution >= 4 is 46.0 Å². The molecule has 0 fully saturated rings. The van der Waals surface area contributed by atoms with Gasteiger partial charge in [-0.1, -0.05) is 12.1 Å². The van der Waals surface area contributed by atoms with Crippen LogP contribution in [0.25, 0.3) is 6.08 Å². The van der Waals surface area contributed by atoms with Crippen LogP contribution >= 0.6 is 22.6 Å². The minimum Gasteiger partial charge on any atom is -0.493 e. The molecule has 0 aromatic heterocycles. The van der Waals surface area contributed by atoms with Gasteiger partial charge in [-0.15, -0.1) is 0 Å². The monoisotopic (exact) mass is 632 g/mol. The fourth-order valence-corrected chi connectivity index (χ4v) is 4.31. The number of nitrogens with zero attached hydrogens (tertiary/aromatic N) is 2. The van der Waals surface area contributed by atoms with Gasteiger partial charge in [0.1, 0.15) is 18.1 Å². The molecule has 1 aliphatic rings. The predicted molar refractivity (Wildman–Crippen MR) is 131 cm³/mol. The van der Waals surface area contributed by atoms with Crippen LogP contribution in [-0.2, 0) is 11.4 Å². The number of benzene rings is 3. The lowest BCUT2D eigenvalue weighted by Gasteiger charge is -2.15. The van der Waals surface area contributed by atoms with Gasteiger partial charge < -0.3 is 9.47 Å². The molecule has 5 nitrogen and oxygen atoms in total. The van der Waals surface area contributed by atoms with Crippen molar-refractivity contribution in [2.24, 2.45) is 5.10 Å². The molecule has 3 aromatic carbocycles. The van der Waals surface area contributed by atoms with Gasteiger partial charge in [0, 0.05) is 0 Å². The number of ether oxygens (including phenoxy) is 2. The molecular formula is C25H15F6IN2O3. The molecule has 1 amide bonds. The minimum atomic E-state index is -2.34. The van der Waals surface area contributed by atoms with E-state index in [4.69, 9.17) is 9.47 Å². The average molecular weight is 632 g/mol. The van der Waals surface area contributed by atoms with Crippen LogP contribution in [0.1, 0.15) is 18.1 Å². The van der Waals surface area contributed by atoms with Gasteiger partial charge in [-0.25, -0.2) is 26.3 Å². The van der Waals surface area contributed by atoms with Crippen molar-refractivity contribution in [3.63, 3.8) is 0 Å². The average Bonchev–Trinajstić information content (AvgIpc) is 3.13. The van der Waals surface area contributed by atoms with Gasteiger partial charge in [0.25, 0.3) is 5.91 Å². The Morgan fingerprint density at radius 2 is 1.62 bits per heavy atom. The summed E-state index contributed by atoms with van der Waals surface area (Å²) in [6.07, 6.45) is 1.33. The number of halogens is 7. The van der Waals surface area contributed by atoms with Gasteiger partial charge >= 0.3 is 0 Å². The standard InChI is InChI=1S/C25H15F6IN2O3/c1-11-15(25(35)34(33-11)23-21(30)19(28)18(27)20(29)22(23)31)7-13-8-16(32)24(17(9-13)36-2)37-10-12-4-3-5-14(26)6-12/h3-9H,10H2,1-2H3/b15-7+. The molecule has 0 saturated carbocycles. The molecule has 0 saturated heterocycles. The van der Waals surface area contributed by atoms with Crippen LogP contribution in [0.5, 0.6) is 11.5 Å². The van der Waals surface area contributed by atoms with E-state index in [-0.39, 0.29) is 28.7 Å². The Bertz CT molecular complexity index is 1460. The Labute approximate surface area is 220 Å². The molecule has 0 bridgehead atoms. The number of hydrogen-bond donors (Lipinski definition) is 0. The zero-order chi connectivity index (χ0) is 27.0. The molecule has 37 heavy (non-hydrogen) atoms. The topological polar surface area (TPSA) is 51.1 Å². The van der Waals surface area contributed by atoms with Gasteiger partial charge in [0.05, 0.1) is 22.0 Å². The SMILES string of the molecule is COc1cc(/C=C2/C(=O)N(c3c(F)c(F)c(F)c(F)c3F)N=C2C)cc(I)c1OCc1cccc(F)c1. The van der Waals surface area contributed by atoms with Crippen LogP contribution < -0.4 is 14.5 Å². The van der Waals surface area contributed by atoms with E-state index in [0.29, 0.717) is 20.4 Å². The highest BCUT2D eigenvalue weighted by Gasteiger charge is 2.37. The van der Waals surface area contributed by atoms with E-state index in [1.54, 1.807) is 18.2 Å². The third-order valence-corrected chi connectivity index (χ3v) is 6.10. The fourth-order valence-electron chi connectivity index (χ4n) is 3.53. The Balaban J connectivity index is 1.66. The van der Waals surface area contributed by atoms with Crippen molar-refractivity contribution in [3.8, 4) is 11.5 Å². The summed E-state index contributed by atoms with van der Waals surface area (Å²) in [5.74, 6) is -12.0. The van der Waals surface area contributed by atoms with Crippen molar-refractivity contribution in [1.82, 2.24) is 0 Å². The van der Waals surface area contributed by atoms with E-state index in [2.05, 4.69) is 5.10 Å². The molecule has 192 valence electrons. The summed E-state index contributed by atoms with van der Waals surface area (Å²) in [5.41, 5.74) is -0.654. The van der Waals surface area contributed by atoms with E-state index >= 15 is 0 Å². The highest BCUT2D eigenvalue weighted by Crippen LogP contribution is 2.37. The van der Waals surface area contributed by atoms with E-state index in [1.165, 1.54) is 38.3 Å². The number of anilines is 1. The first-order chi connectivity index (χ1) is 17.5. The smallest absolute Gasteiger partial charge is 0.280 e. The lowest BCUT2D eigenvalue weighted by atomic mass is 10.1. The zero-order valence-corrected chi connectivity index (χ0v) is 21.2. The van der Waals surface area contributed by atoms with Crippen LogP contribution in [0.3, 0.4) is 0 Å². The zero-order valence-electron chi connectivity index (χ0n) is 19.0. The van der Waals surface area contributed by atoms with E-state index in [0.717, 1.165) is 0 Å². The molecule has 1 aliphatic heterocycles. The Morgan fingerprint density at radius 3 is 2.24 bits per heavy atom. The van der Waals surface area contributed by atoms with Crippen LogP contribution in [0.2, 0.25) is 0 Å². The number of amides is 1. The van der Waals surface area contributed by atoms with Gasteiger partial charge in [0.15, 0.2) is 34.8 Å². The summed E-state index contributed by atoms with van der Waals surface area (Å²) in [6.45, 7) is 1.39. The summed E-state index contributed by atoms with van der Waals surface area (Å²) >= 11 is 1.96. The third kappa shape index (κ3) is 5.02. The molecular weight excluding hydrogens is 617 g/mol. The second-order valence-corrected chi connectivity index (χ2v) is 8.89. The summed E-state index contributed by atoms with van der Waals surface area (Å²) < 4.78 is 94.5. The van der Waals surface area contributed by atoms with Gasteiger partial charge in [-0.05, 0) is 71.0 Å². The Kier molecular flexibility index (Phi) is 7.48. The largest absolute Gasteiger partial charge is 0.493 e. The number of hydrogen-bond acceptors (Lipinski definition) is 4. The first-order valence-corrected chi connectivity index (χ1v) is 11.5. The molecule has 0 unspecified atom stereocenters. The highest BCUT2D eigenvalue weighted by molar-refractivity contribution is 14.1. The molecule has 4 rings (SSSR count). The van der Waals surface area contributed by atoms with E-state index < -0.39 is 46.5 Å². The highest BCUT2D eigenvalue weighted by atomic mass is 127. The van der Waals surface area contributed by atoms with Crippen molar-refractivity contribution in [3.05, 3.63) is 91.6 Å². The second kappa shape index (κ2) is 10.4. The number of carbonyl (C=O) groups excluding carboxylic acids is 1. The molecule has 3 aromatic rings. The minimum absolute atomic E-state index is 0.0191. The normalized spacial score (nSPS) is 14.4. The summed E-state index contributed by atoms with van der Waals surface area (Å²) in [5, 5.41) is 3.85. The quantitative estimate of drug-likeness (QED) is 0.102. The molecule has 1 heterocycles. The summed E-state index contributed by atoms with van der Waals surface area (Å²) in [4.78, 5) is 12.9. The van der Waals surface area contributed by atoms with Gasteiger partial charge in [0.2, 0.25) is 5.82 Å². The van der Waals surface area contributed by atoms with Gasteiger partial charge in [-0.3, -0.25) is 4.79 Å². The molecule has 0 N–H and O–H groups in total. The fraction of sp³-hybridized carbons (Fsp3) is 0.120. The summed E-state index contributed by atoms with van der Waals surface area (Å²) in [6, 6.07) is 8.98. The number of methoxy groups -OCH3 is 1. The van der Waals surface area contributed by atoms with Crippen LogP contribution in [0, 0.1) is 38.5 Å². The number of carbonyl (C=O) groups is 1. The first kappa shape index (κ1) is 26.5. The van der Waals surface area contributed by atoms with Gasteiger partial charge in [-0.2, -0.15) is 10.1 Å². The van der Waals surface area contributed by atoms with E-state index in [9.17, 15) is 31.1 Å². The molecule has 0 spiro atoms. The maximum absolute atomic E-state index is 14.3. The van der Waals surface area contributed by atoms with Crippen molar-refractivity contribution in [2.45, 2.75) is 13.5 Å². The van der Waals surface area contributed by atoms with Crippen LogP contribution in [0.15, 0.2) is 47.1 Å². The maximum atomic E-state index is 14.3. The maximum Gasteiger partial charge on any atom is 0.280 e. The van der Waals surface area contributed by atoms with Crippen LogP contribution in [0.4, 0.5) is 32.0 Å². The molecule has 0 aliphatic carbocycles. The molecule has 0 radical (unpaired) electrons. The molecule has 0 atom stereocenters. The number of rotatable bonds is 6. The van der Waals surface area contributed by atoms with Crippen LogP contribution in [-0.4, -0.2) is 18.7 Å². The van der Waals surface area contributed by atoms with E-state index in [1.807, 2.05) is 22.6 Å². The third-order valence-electron chi connectivity index (χ3n) is 5.30. The lowest BCUT2D eigenvalue weighted by molar-refractivity contribution is -0.114. The van der Waals surface area contributed by atoms with Crippen molar-refractivity contribution in [2.75, 3.05) is 12.1 Å².